The van der Waals surface area contributed by atoms with Crippen molar-refractivity contribution in [3.63, 3.8) is 0 Å². The summed E-state index contributed by atoms with van der Waals surface area (Å²) in [6, 6.07) is 2.38. The van der Waals surface area contributed by atoms with Gasteiger partial charge in [0.15, 0.2) is 0 Å². The summed E-state index contributed by atoms with van der Waals surface area (Å²) in [5, 5.41) is 9.17. The molecule has 2 nitrogen and oxygen atoms in total. The van der Waals surface area contributed by atoms with Gasteiger partial charge < -0.3 is 0 Å². The minimum Gasteiger partial charge on any atom is -0.300 e. The lowest BCUT2D eigenvalue weighted by atomic mass is 9.75. The first-order valence-electron chi connectivity index (χ1n) is 5.26. The van der Waals surface area contributed by atoms with E-state index in [0.29, 0.717) is 25.0 Å². The van der Waals surface area contributed by atoms with Crippen molar-refractivity contribution in [3.05, 3.63) is 12.7 Å². The number of nitriles is 1. The van der Waals surface area contributed by atoms with Crippen molar-refractivity contribution < 1.29 is 4.79 Å². The lowest BCUT2D eigenvalue weighted by Crippen LogP contribution is -2.21. The van der Waals surface area contributed by atoms with Crippen LogP contribution >= 0.6 is 0 Å². The molecule has 0 aromatic carbocycles. The Morgan fingerprint density at radius 3 is 2.86 bits per heavy atom. The molecular weight excluding hydrogens is 174 g/mol. The van der Waals surface area contributed by atoms with Crippen molar-refractivity contribution in [1.82, 2.24) is 0 Å². The normalized spacial score (nSPS) is 28.6. The highest BCUT2D eigenvalue weighted by Crippen LogP contribution is 2.36. The molecule has 0 aliphatic heterocycles. The molecular formula is C12H17NO. The van der Waals surface area contributed by atoms with E-state index in [4.69, 9.17) is 5.26 Å². The Bertz CT molecular complexity index is 264. The van der Waals surface area contributed by atoms with E-state index in [1.165, 1.54) is 0 Å². The summed E-state index contributed by atoms with van der Waals surface area (Å²) in [7, 11) is 0. The number of hydrogen-bond donors (Lipinski definition) is 0. The van der Waals surface area contributed by atoms with Crippen molar-refractivity contribution in [2.75, 3.05) is 0 Å². The van der Waals surface area contributed by atoms with E-state index in [1.807, 2.05) is 0 Å². The minimum absolute atomic E-state index is 0.308. The van der Waals surface area contributed by atoms with Crippen LogP contribution in [0.4, 0.5) is 0 Å². The van der Waals surface area contributed by atoms with Gasteiger partial charge in [0.05, 0.1) is 11.5 Å². The summed E-state index contributed by atoms with van der Waals surface area (Å²) < 4.78 is 0. The second kappa shape index (κ2) is 4.95. The van der Waals surface area contributed by atoms with Gasteiger partial charge in [-0.05, 0) is 25.7 Å². The SMILES string of the molecule is C=CCC1(C#N)CCCCC(=O)CC1. The van der Waals surface area contributed by atoms with Gasteiger partial charge in [0, 0.05) is 12.8 Å². The van der Waals surface area contributed by atoms with Gasteiger partial charge >= 0.3 is 0 Å². The van der Waals surface area contributed by atoms with Gasteiger partial charge in [0.1, 0.15) is 5.78 Å². The van der Waals surface area contributed by atoms with Crippen LogP contribution in [-0.4, -0.2) is 5.78 Å². The Labute approximate surface area is 85.6 Å². The van der Waals surface area contributed by atoms with E-state index in [2.05, 4.69) is 12.6 Å². The summed E-state index contributed by atoms with van der Waals surface area (Å²) in [6.07, 6.45) is 7.37. The standard InChI is InChI=1S/C12H17NO/c1-2-7-12(10-13)8-4-3-5-11(14)6-9-12/h2H,1,3-9H2. The number of carbonyl (C=O) groups excluding carboxylic acids is 1. The smallest absolute Gasteiger partial charge is 0.132 e. The lowest BCUT2D eigenvalue weighted by molar-refractivity contribution is -0.120. The molecule has 0 aromatic heterocycles. The van der Waals surface area contributed by atoms with Crippen molar-refractivity contribution in [3.8, 4) is 6.07 Å². The Hall–Kier alpha value is -1.10. The first-order chi connectivity index (χ1) is 6.72. The fourth-order valence-electron chi connectivity index (χ4n) is 2.05. The van der Waals surface area contributed by atoms with E-state index in [0.717, 1.165) is 25.7 Å². The maximum Gasteiger partial charge on any atom is 0.132 e. The van der Waals surface area contributed by atoms with Crippen LogP contribution in [0.25, 0.3) is 0 Å². The fraction of sp³-hybridized carbons (Fsp3) is 0.667. The maximum atomic E-state index is 11.3. The van der Waals surface area contributed by atoms with E-state index in [1.54, 1.807) is 6.08 Å². The van der Waals surface area contributed by atoms with Gasteiger partial charge in [-0.15, -0.1) is 6.58 Å². The molecule has 0 aromatic rings. The van der Waals surface area contributed by atoms with Crippen LogP contribution in [0.15, 0.2) is 12.7 Å². The first-order valence-corrected chi connectivity index (χ1v) is 5.26. The molecule has 0 spiro atoms. The molecule has 1 fully saturated rings. The summed E-state index contributed by atoms with van der Waals surface area (Å²) in [5.74, 6) is 0.313. The van der Waals surface area contributed by atoms with Crippen LogP contribution in [0.2, 0.25) is 0 Å². The van der Waals surface area contributed by atoms with Crippen LogP contribution in [0.1, 0.15) is 44.9 Å². The molecule has 0 bridgehead atoms. The number of allylic oxidation sites excluding steroid dienone is 1. The summed E-state index contributed by atoms with van der Waals surface area (Å²) in [4.78, 5) is 11.3. The van der Waals surface area contributed by atoms with Gasteiger partial charge in [-0.3, -0.25) is 4.79 Å². The Morgan fingerprint density at radius 1 is 1.43 bits per heavy atom. The second-order valence-electron chi connectivity index (χ2n) is 4.13. The first kappa shape index (κ1) is 11.0. The van der Waals surface area contributed by atoms with Crippen LogP contribution in [-0.2, 0) is 4.79 Å². The Balaban J connectivity index is 2.68. The predicted octanol–water partition coefficient (Wildman–Crippen LogP) is 3.00. The molecule has 76 valence electrons. The van der Waals surface area contributed by atoms with Crippen LogP contribution in [0.3, 0.4) is 0 Å². The van der Waals surface area contributed by atoms with Crippen molar-refractivity contribution in [2.24, 2.45) is 5.41 Å². The highest BCUT2D eigenvalue weighted by molar-refractivity contribution is 5.78. The predicted molar refractivity (Wildman–Crippen MR) is 55.6 cm³/mol. The maximum absolute atomic E-state index is 11.3. The number of ketones is 1. The van der Waals surface area contributed by atoms with Crippen molar-refractivity contribution in [1.29, 1.82) is 5.26 Å². The molecule has 2 heteroatoms. The van der Waals surface area contributed by atoms with E-state index in [-0.39, 0.29) is 5.41 Å². The average Bonchev–Trinajstić information content (AvgIpc) is 2.18. The third-order valence-electron chi connectivity index (χ3n) is 3.02. The molecule has 0 heterocycles. The zero-order chi connectivity index (χ0) is 10.4. The zero-order valence-corrected chi connectivity index (χ0v) is 8.59. The number of nitrogens with zero attached hydrogens (tertiary/aromatic N) is 1. The molecule has 0 N–H and O–H groups in total. The zero-order valence-electron chi connectivity index (χ0n) is 8.59. The highest BCUT2D eigenvalue weighted by atomic mass is 16.1. The number of hydrogen-bond acceptors (Lipinski definition) is 2. The fourth-order valence-corrected chi connectivity index (χ4v) is 2.05. The lowest BCUT2D eigenvalue weighted by Gasteiger charge is -2.26. The minimum atomic E-state index is -0.308. The second-order valence-corrected chi connectivity index (χ2v) is 4.13. The van der Waals surface area contributed by atoms with E-state index in [9.17, 15) is 4.79 Å². The van der Waals surface area contributed by atoms with E-state index < -0.39 is 0 Å². The molecule has 1 rings (SSSR count). The van der Waals surface area contributed by atoms with Gasteiger partial charge in [-0.2, -0.15) is 5.26 Å². The van der Waals surface area contributed by atoms with Gasteiger partial charge in [0.25, 0.3) is 0 Å². The number of rotatable bonds is 2. The van der Waals surface area contributed by atoms with Gasteiger partial charge in [0.2, 0.25) is 0 Å². The van der Waals surface area contributed by atoms with Crippen LogP contribution < -0.4 is 0 Å². The summed E-state index contributed by atoms with van der Waals surface area (Å²) in [6.45, 7) is 3.68. The van der Waals surface area contributed by atoms with Gasteiger partial charge in [-0.25, -0.2) is 0 Å². The van der Waals surface area contributed by atoms with Crippen LogP contribution in [0.5, 0.6) is 0 Å². The highest BCUT2D eigenvalue weighted by Gasteiger charge is 2.30. The summed E-state index contributed by atoms with van der Waals surface area (Å²) >= 11 is 0. The Kier molecular flexibility index (Phi) is 3.88. The molecule has 0 amide bonds. The molecule has 1 atom stereocenters. The third-order valence-corrected chi connectivity index (χ3v) is 3.02. The number of Topliss-reactive ketones (excluding diaryl/α,β-unsaturated/α-hetero) is 1. The largest absolute Gasteiger partial charge is 0.300 e. The third kappa shape index (κ3) is 2.70. The molecule has 1 aliphatic carbocycles. The monoisotopic (exact) mass is 191 g/mol. The Morgan fingerprint density at radius 2 is 2.21 bits per heavy atom. The molecule has 0 saturated heterocycles. The van der Waals surface area contributed by atoms with Crippen molar-refractivity contribution >= 4 is 5.78 Å². The quantitative estimate of drug-likeness (QED) is 0.629. The summed E-state index contributed by atoms with van der Waals surface area (Å²) in [5.41, 5.74) is -0.308. The average molecular weight is 191 g/mol. The van der Waals surface area contributed by atoms with Crippen molar-refractivity contribution in [2.45, 2.75) is 44.9 Å². The molecule has 1 saturated carbocycles. The molecule has 0 radical (unpaired) electrons. The molecule has 14 heavy (non-hydrogen) atoms. The molecule has 1 aliphatic rings. The van der Waals surface area contributed by atoms with Crippen LogP contribution in [0, 0.1) is 16.7 Å². The molecule has 1 unspecified atom stereocenters. The number of carbonyl (C=O) groups is 1. The van der Waals surface area contributed by atoms with Gasteiger partial charge in [-0.1, -0.05) is 12.5 Å². The topological polar surface area (TPSA) is 40.9 Å². The van der Waals surface area contributed by atoms with E-state index >= 15 is 0 Å².